The summed E-state index contributed by atoms with van der Waals surface area (Å²) in [5.41, 5.74) is -0.847. The summed E-state index contributed by atoms with van der Waals surface area (Å²) in [7, 11) is 3.02. The highest BCUT2D eigenvalue weighted by atomic mass is 19.1. The number of methoxy groups -OCH3 is 1. The van der Waals surface area contributed by atoms with E-state index < -0.39 is 17.3 Å². The van der Waals surface area contributed by atoms with Crippen molar-refractivity contribution in [2.45, 2.75) is 37.6 Å². The topological polar surface area (TPSA) is 53.3 Å². The first kappa shape index (κ1) is 15.3. The molecule has 1 aromatic carbocycles. The van der Waals surface area contributed by atoms with Crippen LogP contribution in [-0.4, -0.2) is 30.5 Å². The Morgan fingerprint density at radius 2 is 2.05 bits per heavy atom. The van der Waals surface area contributed by atoms with Gasteiger partial charge in [-0.2, -0.15) is 5.26 Å². The molecule has 112 valence electrons. The van der Waals surface area contributed by atoms with Gasteiger partial charge in [-0.3, -0.25) is 4.79 Å². The van der Waals surface area contributed by atoms with Crippen LogP contribution in [0.1, 0.15) is 42.5 Å². The Balaban J connectivity index is 2.28. The second-order valence-corrected chi connectivity index (χ2v) is 5.41. The van der Waals surface area contributed by atoms with E-state index in [1.165, 1.54) is 24.1 Å². The number of carbonyl (C=O) groups excluding carboxylic acids is 1. The van der Waals surface area contributed by atoms with E-state index in [1.54, 1.807) is 13.1 Å². The van der Waals surface area contributed by atoms with Crippen LogP contribution in [0, 0.1) is 17.1 Å². The molecule has 0 unspecified atom stereocenters. The quantitative estimate of drug-likeness (QED) is 0.859. The summed E-state index contributed by atoms with van der Waals surface area (Å²) < 4.78 is 19.0. The molecule has 5 heteroatoms. The molecule has 0 heterocycles. The average molecular weight is 290 g/mol. The average Bonchev–Trinajstić information content (AvgIpc) is 2.54. The lowest BCUT2D eigenvalue weighted by Crippen LogP contribution is -2.50. The largest absolute Gasteiger partial charge is 0.497 e. The highest BCUT2D eigenvalue weighted by Gasteiger charge is 2.39. The van der Waals surface area contributed by atoms with Crippen molar-refractivity contribution in [1.82, 2.24) is 4.90 Å². The molecule has 0 aromatic heterocycles. The SMILES string of the molecule is COc1ccc(C(=O)N(C)C2(C#N)CCCCC2)c(F)c1. The van der Waals surface area contributed by atoms with Crippen LogP contribution in [-0.2, 0) is 0 Å². The van der Waals surface area contributed by atoms with E-state index in [0.29, 0.717) is 18.6 Å². The molecular weight excluding hydrogens is 271 g/mol. The summed E-state index contributed by atoms with van der Waals surface area (Å²) in [6.07, 6.45) is 4.18. The fourth-order valence-electron chi connectivity index (χ4n) is 2.83. The van der Waals surface area contributed by atoms with E-state index in [4.69, 9.17) is 4.74 Å². The van der Waals surface area contributed by atoms with E-state index in [9.17, 15) is 14.4 Å². The summed E-state index contributed by atoms with van der Waals surface area (Å²) in [4.78, 5) is 13.9. The predicted molar refractivity (Wildman–Crippen MR) is 76.5 cm³/mol. The minimum Gasteiger partial charge on any atom is -0.497 e. The molecule has 0 bridgehead atoms. The number of hydrogen-bond donors (Lipinski definition) is 0. The van der Waals surface area contributed by atoms with Crippen LogP contribution in [0.5, 0.6) is 5.75 Å². The van der Waals surface area contributed by atoms with Gasteiger partial charge in [0, 0.05) is 13.1 Å². The van der Waals surface area contributed by atoms with Crippen molar-refractivity contribution in [2.24, 2.45) is 0 Å². The number of nitrogens with zero attached hydrogens (tertiary/aromatic N) is 2. The molecule has 1 aliphatic carbocycles. The second kappa shape index (κ2) is 6.13. The third kappa shape index (κ3) is 2.85. The lowest BCUT2D eigenvalue weighted by Gasteiger charge is -2.39. The Morgan fingerprint density at radius 1 is 1.38 bits per heavy atom. The first-order chi connectivity index (χ1) is 10.0. The van der Waals surface area contributed by atoms with Gasteiger partial charge in [-0.1, -0.05) is 19.3 Å². The van der Waals surface area contributed by atoms with Gasteiger partial charge >= 0.3 is 0 Å². The van der Waals surface area contributed by atoms with Crippen LogP contribution in [0.25, 0.3) is 0 Å². The lowest BCUT2D eigenvalue weighted by atomic mass is 9.81. The molecule has 4 nitrogen and oxygen atoms in total. The number of amides is 1. The standard InChI is InChI=1S/C16H19FN2O2/c1-19(16(11-18)8-4-3-5-9-16)15(20)13-7-6-12(21-2)10-14(13)17/h6-7,10H,3-5,8-9H2,1-2H3. The zero-order valence-corrected chi connectivity index (χ0v) is 12.4. The number of ether oxygens (including phenoxy) is 1. The van der Waals surface area contributed by atoms with Gasteiger partial charge in [-0.25, -0.2) is 4.39 Å². The normalized spacial score (nSPS) is 16.9. The minimum atomic E-state index is -0.818. The van der Waals surface area contributed by atoms with Gasteiger partial charge in [-0.15, -0.1) is 0 Å². The van der Waals surface area contributed by atoms with Gasteiger partial charge in [0.15, 0.2) is 0 Å². The third-order valence-corrected chi connectivity index (χ3v) is 4.24. The predicted octanol–water partition coefficient (Wildman–Crippen LogP) is 3.13. The van der Waals surface area contributed by atoms with E-state index in [-0.39, 0.29) is 5.56 Å². The molecular formula is C16H19FN2O2. The fourth-order valence-corrected chi connectivity index (χ4v) is 2.83. The van der Waals surface area contributed by atoms with Crippen LogP contribution in [0.15, 0.2) is 18.2 Å². The summed E-state index contributed by atoms with van der Waals surface area (Å²) >= 11 is 0. The molecule has 1 saturated carbocycles. The highest BCUT2D eigenvalue weighted by molar-refractivity contribution is 5.95. The van der Waals surface area contributed by atoms with Crippen molar-refractivity contribution in [1.29, 1.82) is 5.26 Å². The molecule has 2 rings (SSSR count). The van der Waals surface area contributed by atoms with Crippen LogP contribution in [0.4, 0.5) is 4.39 Å². The number of rotatable bonds is 3. The Kier molecular flexibility index (Phi) is 4.46. The van der Waals surface area contributed by atoms with Crippen LogP contribution in [0.2, 0.25) is 0 Å². The molecule has 0 N–H and O–H groups in total. The Hall–Kier alpha value is -2.09. The van der Waals surface area contributed by atoms with Gasteiger partial charge in [-0.05, 0) is 25.0 Å². The van der Waals surface area contributed by atoms with Crippen LogP contribution >= 0.6 is 0 Å². The van der Waals surface area contributed by atoms with Crippen molar-refractivity contribution >= 4 is 5.91 Å². The van der Waals surface area contributed by atoms with Gasteiger partial charge in [0.2, 0.25) is 0 Å². The molecule has 1 fully saturated rings. The van der Waals surface area contributed by atoms with Crippen LogP contribution < -0.4 is 4.74 Å². The smallest absolute Gasteiger partial charge is 0.257 e. The third-order valence-electron chi connectivity index (χ3n) is 4.24. The van der Waals surface area contributed by atoms with Gasteiger partial charge in [0.25, 0.3) is 5.91 Å². The van der Waals surface area contributed by atoms with E-state index in [2.05, 4.69) is 6.07 Å². The zero-order chi connectivity index (χ0) is 15.5. The van der Waals surface area contributed by atoms with E-state index in [0.717, 1.165) is 19.3 Å². The summed E-state index contributed by atoms with van der Waals surface area (Å²) in [6, 6.07) is 6.40. The number of carbonyl (C=O) groups is 1. The molecule has 1 aliphatic rings. The molecule has 0 radical (unpaired) electrons. The Morgan fingerprint density at radius 3 is 2.57 bits per heavy atom. The monoisotopic (exact) mass is 290 g/mol. The van der Waals surface area contributed by atoms with Crippen molar-refractivity contribution in [3.63, 3.8) is 0 Å². The van der Waals surface area contributed by atoms with E-state index >= 15 is 0 Å². The molecule has 0 spiro atoms. The zero-order valence-electron chi connectivity index (χ0n) is 12.4. The van der Waals surface area contributed by atoms with Crippen LogP contribution in [0.3, 0.4) is 0 Å². The summed E-state index contributed by atoms with van der Waals surface area (Å²) in [6.45, 7) is 0. The number of benzene rings is 1. The minimum absolute atomic E-state index is 0.0292. The van der Waals surface area contributed by atoms with Gasteiger partial charge < -0.3 is 9.64 Å². The highest BCUT2D eigenvalue weighted by Crippen LogP contribution is 2.33. The molecule has 1 amide bonds. The maximum absolute atomic E-state index is 14.0. The van der Waals surface area contributed by atoms with E-state index in [1.807, 2.05) is 0 Å². The first-order valence-corrected chi connectivity index (χ1v) is 7.07. The maximum Gasteiger partial charge on any atom is 0.257 e. The van der Waals surface area contributed by atoms with Crippen molar-refractivity contribution in [2.75, 3.05) is 14.2 Å². The van der Waals surface area contributed by atoms with Gasteiger partial charge in [0.05, 0.1) is 18.7 Å². The fraction of sp³-hybridized carbons (Fsp3) is 0.500. The number of hydrogen-bond acceptors (Lipinski definition) is 3. The molecule has 21 heavy (non-hydrogen) atoms. The molecule has 0 aliphatic heterocycles. The van der Waals surface area contributed by atoms with Crippen molar-refractivity contribution < 1.29 is 13.9 Å². The number of nitriles is 1. The van der Waals surface area contributed by atoms with Crippen molar-refractivity contribution in [3.05, 3.63) is 29.6 Å². The number of halogens is 1. The molecule has 1 aromatic rings. The van der Waals surface area contributed by atoms with Crippen molar-refractivity contribution in [3.8, 4) is 11.8 Å². The Labute approximate surface area is 124 Å². The maximum atomic E-state index is 14.0. The Bertz CT molecular complexity index is 574. The molecule has 0 saturated heterocycles. The summed E-state index contributed by atoms with van der Waals surface area (Å²) in [5.74, 6) is -0.729. The lowest BCUT2D eigenvalue weighted by molar-refractivity contribution is 0.0584. The summed E-state index contributed by atoms with van der Waals surface area (Å²) in [5, 5.41) is 9.50. The first-order valence-electron chi connectivity index (χ1n) is 7.07. The van der Waals surface area contributed by atoms with Gasteiger partial charge in [0.1, 0.15) is 17.1 Å². The molecule has 0 atom stereocenters. The second-order valence-electron chi connectivity index (χ2n) is 5.41.